The maximum Gasteiger partial charge on any atom is 0.132 e. The van der Waals surface area contributed by atoms with Gasteiger partial charge in [0.1, 0.15) is 11.5 Å². The Morgan fingerprint density at radius 3 is 2.69 bits per heavy atom. The molecule has 1 fully saturated rings. The van der Waals surface area contributed by atoms with Crippen LogP contribution in [0.5, 0.6) is 0 Å². The van der Waals surface area contributed by atoms with Gasteiger partial charge < -0.3 is 5.32 Å². The van der Waals surface area contributed by atoms with Crippen LogP contribution in [0, 0.1) is 5.82 Å². The molecule has 0 amide bonds. The van der Waals surface area contributed by atoms with Crippen molar-refractivity contribution >= 4 is 0 Å². The van der Waals surface area contributed by atoms with Crippen molar-refractivity contribution in [2.75, 3.05) is 13.1 Å². The van der Waals surface area contributed by atoms with Crippen molar-refractivity contribution in [3.05, 3.63) is 71.7 Å². The van der Waals surface area contributed by atoms with Crippen LogP contribution in [0.3, 0.4) is 0 Å². The highest BCUT2D eigenvalue weighted by atomic mass is 19.1. The van der Waals surface area contributed by atoms with Gasteiger partial charge in [0.2, 0.25) is 0 Å². The van der Waals surface area contributed by atoms with E-state index in [1.807, 2.05) is 16.8 Å². The summed E-state index contributed by atoms with van der Waals surface area (Å²) in [5, 5.41) is 12.3. The first-order valence-electron chi connectivity index (χ1n) is 8.98. The van der Waals surface area contributed by atoms with E-state index in [0.29, 0.717) is 23.8 Å². The third-order valence-corrected chi connectivity index (χ3v) is 5.38. The largest absolute Gasteiger partial charge is 0.305 e. The summed E-state index contributed by atoms with van der Waals surface area (Å²) in [6.45, 7) is 3.49. The first kappa shape index (κ1) is 15.7. The lowest BCUT2D eigenvalue weighted by Gasteiger charge is -2.27. The van der Waals surface area contributed by atoms with Crippen molar-refractivity contribution in [1.29, 1.82) is 0 Å². The molecule has 132 valence electrons. The fourth-order valence-electron chi connectivity index (χ4n) is 4.12. The van der Waals surface area contributed by atoms with Crippen LogP contribution in [-0.2, 0) is 13.1 Å². The van der Waals surface area contributed by atoms with E-state index in [4.69, 9.17) is 0 Å². The molecular formula is C20H20FN5. The zero-order valence-electron chi connectivity index (χ0n) is 14.3. The van der Waals surface area contributed by atoms with Gasteiger partial charge in [-0.2, -0.15) is 0 Å². The molecular weight excluding hydrogens is 329 g/mol. The van der Waals surface area contributed by atoms with Crippen LogP contribution in [0.4, 0.5) is 4.39 Å². The highest BCUT2D eigenvalue weighted by Crippen LogP contribution is 2.32. The number of fused-ring (bicyclic) bond motifs is 3. The van der Waals surface area contributed by atoms with E-state index < -0.39 is 0 Å². The van der Waals surface area contributed by atoms with Crippen LogP contribution < -0.4 is 5.32 Å². The monoisotopic (exact) mass is 349 g/mol. The van der Waals surface area contributed by atoms with Gasteiger partial charge in [-0.1, -0.05) is 47.7 Å². The van der Waals surface area contributed by atoms with Gasteiger partial charge in [-0.15, -0.1) is 5.10 Å². The van der Waals surface area contributed by atoms with E-state index in [1.165, 1.54) is 11.6 Å². The summed E-state index contributed by atoms with van der Waals surface area (Å²) in [4.78, 5) is 2.44. The summed E-state index contributed by atoms with van der Waals surface area (Å²) in [5.41, 5.74) is 3.46. The fourth-order valence-corrected chi connectivity index (χ4v) is 4.12. The molecule has 1 aromatic heterocycles. The summed E-state index contributed by atoms with van der Waals surface area (Å²) in [7, 11) is 0. The Labute approximate surface area is 151 Å². The molecule has 5 nitrogen and oxygen atoms in total. The number of hydrogen-bond acceptors (Lipinski definition) is 4. The second kappa shape index (κ2) is 6.30. The molecule has 1 N–H and O–H groups in total. The number of rotatable bonds is 3. The first-order valence-corrected chi connectivity index (χ1v) is 8.98. The van der Waals surface area contributed by atoms with Crippen molar-refractivity contribution in [3.63, 3.8) is 0 Å². The van der Waals surface area contributed by atoms with Gasteiger partial charge in [0.05, 0.1) is 11.7 Å². The number of aromatic nitrogens is 3. The summed E-state index contributed by atoms with van der Waals surface area (Å²) in [6.07, 6.45) is 0. The third kappa shape index (κ3) is 2.62. The Morgan fingerprint density at radius 2 is 1.85 bits per heavy atom. The molecule has 0 radical (unpaired) electrons. The van der Waals surface area contributed by atoms with Crippen LogP contribution >= 0.6 is 0 Å². The molecule has 0 saturated carbocycles. The lowest BCUT2D eigenvalue weighted by Crippen LogP contribution is -2.42. The molecule has 2 aliphatic rings. The Kier molecular flexibility index (Phi) is 3.80. The molecule has 0 bridgehead atoms. The molecule has 26 heavy (non-hydrogen) atoms. The topological polar surface area (TPSA) is 46.0 Å². The number of hydrogen-bond donors (Lipinski definition) is 1. The molecule has 6 heteroatoms. The maximum atomic E-state index is 14.2. The summed E-state index contributed by atoms with van der Waals surface area (Å²) in [5.74, 6) is -0.255. The minimum Gasteiger partial charge on any atom is -0.305 e. The number of halogens is 1. The maximum absolute atomic E-state index is 14.2. The first-order chi connectivity index (χ1) is 12.8. The average molecular weight is 349 g/mol. The molecule has 2 aliphatic heterocycles. The van der Waals surface area contributed by atoms with E-state index in [2.05, 4.69) is 44.8 Å². The van der Waals surface area contributed by atoms with Crippen molar-refractivity contribution in [2.24, 2.45) is 0 Å². The molecule has 2 unspecified atom stereocenters. The molecule has 3 heterocycles. The molecule has 2 atom stereocenters. The molecule has 0 spiro atoms. The molecule has 2 aromatic carbocycles. The highest BCUT2D eigenvalue weighted by Gasteiger charge is 2.39. The predicted molar refractivity (Wildman–Crippen MR) is 96.8 cm³/mol. The van der Waals surface area contributed by atoms with Crippen LogP contribution in [0.15, 0.2) is 54.6 Å². The van der Waals surface area contributed by atoms with Crippen molar-refractivity contribution in [2.45, 2.75) is 25.2 Å². The van der Waals surface area contributed by atoms with E-state index in [0.717, 1.165) is 25.3 Å². The van der Waals surface area contributed by atoms with Crippen molar-refractivity contribution in [3.8, 4) is 11.3 Å². The van der Waals surface area contributed by atoms with Gasteiger partial charge >= 0.3 is 0 Å². The zero-order chi connectivity index (χ0) is 17.5. The van der Waals surface area contributed by atoms with Crippen LogP contribution in [0.1, 0.15) is 17.3 Å². The Bertz CT molecular complexity index is 923. The lowest BCUT2D eigenvalue weighted by molar-refractivity contribution is 0.307. The smallest absolute Gasteiger partial charge is 0.132 e. The van der Waals surface area contributed by atoms with E-state index in [9.17, 15) is 4.39 Å². The van der Waals surface area contributed by atoms with Gasteiger partial charge in [0.25, 0.3) is 0 Å². The second-order valence-corrected chi connectivity index (χ2v) is 7.04. The van der Waals surface area contributed by atoms with E-state index in [1.54, 1.807) is 12.1 Å². The van der Waals surface area contributed by atoms with Crippen LogP contribution in [-0.4, -0.2) is 39.0 Å². The standard InChI is InChI=1S/C20H20FN5/c21-16-9-5-4-8-15(16)20-18-10-22-17-12-25(11-14-6-2-1-3-7-14)13-19(17)26(18)24-23-20/h1-9,17,19,22H,10-13H2. The second-order valence-electron chi connectivity index (χ2n) is 7.04. The van der Waals surface area contributed by atoms with Gasteiger partial charge in [-0.3, -0.25) is 4.90 Å². The van der Waals surface area contributed by atoms with E-state index in [-0.39, 0.29) is 11.9 Å². The SMILES string of the molecule is Fc1ccccc1-c1nnn2c1CNC1CN(Cc3ccccc3)CC12. The number of benzene rings is 2. The quantitative estimate of drug-likeness (QED) is 0.790. The van der Waals surface area contributed by atoms with E-state index >= 15 is 0 Å². The van der Waals surface area contributed by atoms with Gasteiger partial charge in [-0.25, -0.2) is 9.07 Å². The van der Waals surface area contributed by atoms with Crippen LogP contribution in [0.2, 0.25) is 0 Å². The average Bonchev–Trinajstić information content (AvgIpc) is 3.26. The van der Waals surface area contributed by atoms with Crippen molar-refractivity contribution < 1.29 is 4.39 Å². The molecule has 1 saturated heterocycles. The summed E-state index contributed by atoms with van der Waals surface area (Å²) >= 11 is 0. The normalized spacial score (nSPS) is 22.2. The number of nitrogens with one attached hydrogen (secondary N) is 1. The fraction of sp³-hybridized carbons (Fsp3) is 0.300. The van der Waals surface area contributed by atoms with Crippen LogP contribution in [0.25, 0.3) is 11.3 Å². The zero-order valence-corrected chi connectivity index (χ0v) is 14.3. The number of likely N-dealkylation sites (tertiary alicyclic amines) is 1. The number of nitrogens with zero attached hydrogens (tertiary/aromatic N) is 4. The lowest BCUT2D eigenvalue weighted by atomic mass is 10.1. The predicted octanol–water partition coefficient (Wildman–Crippen LogP) is 2.61. The minimum absolute atomic E-state index is 0.232. The molecule has 0 aliphatic carbocycles. The van der Waals surface area contributed by atoms with Gasteiger partial charge in [-0.05, 0) is 17.7 Å². The third-order valence-electron chi connectivity index (χ3n) is 5.38. The Hall–Kier alpha value is -2.57. The van der Waals surface area contributed by atoms with Gasteiger partial charge in [0.15, 0.2) is 0 Å². The van der Waals surface area contributed by atoms with Gasteiger partial charge in [0, 0.05) is 37.8 Å². The Balaban J connectivity index is 1.41. The highest BCUT2D eigenvalue weighted by molar-refractivity contribution is 5.62. The molecule has 5 rings (SSSR count). The Morgan fingerprint density at radius 1 is 1.04 bits per heavy atom. The summed E-state index contributed by atoms with van der Waals surface area (Å²) < 4.78 is 16.2. The van der Waals surface area contributed by atoms with Crippen molar-refractivity contribution in [1.82, 2.24) is 25.2 Å². The molecule has 3 aromatic rings. The minimum atomic E-state index is -0.255. The summed E-state index contributed by atoms with van der Waals surface area (Å²) in [6, 6.07) is 17.9.